The summed E-state index contributed by atoms with van der Waals surface area (Å²) in [4.78, 5) is 19.9. The summed E-state index contributed by atoms with van der Waals surface area (Å²) in [5.74, 6) is -2.20. The largest absolute Gasteiger partial charge is 0.481 e. The molecule has 1 unspecified atom stereocenters. The lowest BCUT2D eigenvalue weighted by molar-refractivity contribution is -0.139. The number of carboxylic acids is 2. The minimum Gasteiger partial charge on any atom is -0.481 e. The fourth-order valence-corrected chi connectivity index (χ4v) is 0.402. The zero-order chi connectivity index (χ0) is 8.15. The first-order valence-electron chi connectivity index (χ1n) is 2.74. The number of carboxylic acid groups (broad SMARTS) is 2. The van der Waals surface area contributed by atoms with E-state index in [1.54, 1.807) is 0 Å². The summed E-state index contributed by atoms with van der Waals surface area (Å²) in [5.41, 5.74) is 5.00. The van der Waals surface area contributed by atoms with Gasteiger partial charge in [0.25, 0.3) is 0 Å². The van der Waals surface area contributed by atoms with E-state index in [0.717, 1.165) is 0 Å². The van der Waals surface area contributed by atoms with Gasteiger partial charge in [0.1, 0.15) is 6.04 Å². The molecule has 0 spiro atoms. The monoisotopic (exact) mass is 167 g/mol. The number of aliphatic carboxylic acids is 2. The highest BCUT2D eigenvalue weighted by atomic mass is 19.0. The quantitative estimate of drug-likeness (QED) is 0.519. The van der Waals surface area contributed by atoms with Gasteiger partial charge in [0.2, 0.25) is 0 Å². The first-order chi connectivity index (χ1) is 4.54. The van der Waals surface area contributed by atoms with Gasteiger partial charge in [-0.25, -0.2) is 0 Å². The zero-order valence-electron chi connectivity index (χ0n) is 5.69. The Morgan fingerprint density at radius 1 is 1.36 bits per heavy atom. The normalized spacial score (nSPS) is 11.4. The average Bonchev–Trinajstić information content (AvgIpc) is 1.82. The number of nitrogens with two attached hydrogens (primary N) is 1. The van der Waals surface area contributed by atoms with Crippen molar-refractivity contribution in [1.29, 1.82) is 0 Å². The maximum absolute atomic E-state index is 9.99. The molecule has 0 aromatic heterocycles. The predicted octanol–water partition coefficient (Wildman–Crippen LogP) is -0.584. The van der Waals surface area contributed by atoms with E-state index in [-0.39, 0.29) is 17.5 Å². The third-order valence-corrected chi connectivity index (χ3v) is 0.986. The highest BCUT2D eigenvalue weighted by molar-refractivity contribution is 5.74. The number of hydrogen-bond acceptors (Lipinski definition) is 3. The molecule has 0 aromatic carbocycles. The van der Waals surface area contributed by atoms with E-state index in [4.69, 9.17) is 15.9 Å². The fourth-order valence-electron chi connectivity index (χ4n) is 0.402. The molecule has 0 aliphatic rings. The molecule has 0 amide bonds. The van der Waals surface area contributed by atoms with E-state index in [9.17, 15) is 9.59 Å². The van der Waals surface area contributed by atoms with Crippen LogP contribution in [0.2, 0.25) is 0 Å². The number of hydrogen-bond donors (Lipinski definition) is 3. The van der Waals surface area contributed by atoms with Gasteiger partial charge in [-0.1, -0.05) is 0 Å². The van der Waals surface area contributed by atoms with Gasteiger partial charge in [0.15, 0.2) is 0 Å². The van der Waals surface area contributed by atoms with Crippen molar-refractivity contribution in [2.45, 2.75) is 18.9 Å². The lowest BCUT2D eigenvalue weighted by Gasteiger charge is -2.01. The molecule has 5 nitrogen and oxygen atoms in total. The van der Waals surface area contributed by atoms with E-state index in [2.05, 4.69) is 0 Å². The molecule has 0 rings (SSSR count). The molecule has 0 heterocycles. The number of halogens is 1. The average molecular weight is 167 g/mol. The van der Waals surface area contributed by atoms with Crippen LogP contribution in [0.25, 0.3) is 0 Å². The van der Waals surface area contributed by atoms with E-state index in [1.165, 1.54) is 0 Å². The second-order valence-electron chi connectivity index (χ2n) is 1.88. The summed E-state index contributed by atoms with van der Waals surface area (Å²) < 4.78 is 0. The van der Waals surface area contributed by atoms with Crippen molar-refractivity contribution in [2.24, 2.45) is 5.73 Å². The van der Waals surface area contributed by atoms with Crippen molar-refractivity contribution >= 4 is 11.9 Å². The Bertz CT molecular complexity index is 149. The Kier molecular flexibility index (Phi) is 6.37. The van der Waals surface area contributed by atoms with Gasteiger partial charge in [-0.15, -0.1) is 0 Å². The van der Waals surface area contributed by atoms with Gasteiger partial charge in [-0.05, 0) is 6.42 Å². The lowest BCUT2D eigenvalue weighted by atomic mass is 10.2. The SMILES string of the molecule is F.NC(CCC(=O)O)C(=O)O. The molecule has 0 aliphatic heterocycles. The molecule has 0 saturated heterocycles. The molecule has 0 saturated carbocycles. The molecular formula is C5H10FNO4. The van der Waals surface area contributed by atoms with Crippen molar-refractivity contribution in [1.82, 2.24) is 0 Å². The Morgan fingerprint density at radius 2 is 1.82 bits per heavy atom. The van der Waals surface area contributed by atoms with Crippen LogP contribution in [0.3, 0.4) is 0 Å². The van der Waals surface area contributed by atoms with Crippen LogP contribution in [-0.4, -0.2) is 28.2 Å². The van der Waals surface area contributed by atoms with Crippen LogP contribution in [0.1, 0.15) is 12.8 Å². The molecular weight excluding hydrogens is 157 g/mol. The summed E-state index contributed by atoms with van der Waals surface area (Å²) in [6.45, 7) is 0. The first-order valence-corrected chi connectivity index (χ1v) is 2.74. The lowest BCUT2D eigenvalue weighted by Crippen LogP contribution is -2.30. The molecule has 0 bridgehead atoms. The number of carbonyl (C=O) groups is 2. The Labute approximate surface area is 62.2 Å². The first kappa shape index (κ1) is 12.5. The van der Waals surface area contributed by atoms with E-state index >= 15 is 0 Å². The molecule has 6 heteroatoms. The Balaban J connectivity index is 0. The molecule has 11 heavy (non-hydrogen) atoms. The van der Waals surface area contributed by atoms with Crippen LogP contribution in [0.5, 0.6) is 0 Å². The van der Waals surface area contributed by atoms with Crippen molar-refractivity contribution in [2.75, 3.05) is 0 Å². The summed E-state index contributed by atoms with van der Waals surface area (Å²) in [6.07, 6.45) is -0.224. The second-order valence-corrected chi connectivity index (χ2v) is 1.88. The smallest absolute Gasteiger partial charge is 0.320 e. The highest BCUT2D eigenvalue weighted by Crippen LogP contribution is 1.93. The minimum atomic E-state index is -1.17. The molecule has 0 aliphatic carbocycles. The second kappa shape index (κ2) is 5.60. The van der Waals surface area contributed by atoms with Crippen LogP contribution in [0.15, 0.2) is 0 Å². The van der Waals surface area contributed by atoms with Crippen molar-refractivity contribution in [3.63, 3.8) is 0 Å². The molecule has 0 radical (unpaired) electrons. The maximum Gasteiger partial charge on any atom is 0.320 e. The van der Waals surface area contributed by atoms with Crippen LogP contribution >= 0.6 is 0 Å². The fraction of sp³-hybridized carbons (Fsp3) is 0.600. The topological polar surface area (TPSA) is 101 Å². The zero-order valence-corrected chi connectivity index (χ0v) is 5.69. The molecule has 1 atom stereocenters. The van der Waals surface area contributed by atoms with Crippen LogP contribution in [0, 0.1) is 0 Å². The van der Waals surface area contributed by atoms with Crippen molar-refractivity contribution < 1.29 is 24.5 Å². The summed E-state index contributed by atoms with van der Waals surface area (Å²) in [5, 5.41) is 16.3. The standard InChI is InChI=1S/C5H9NO4.FH/c6-3(5(9)10)1-2-4(7)8;/h3H,1-2,6H2,(H,7,8)(H,9,10);1H. The summed E-state index contributed by atoms with van der Waals surface area (Å²) in [6, 6.07) is -1.06. The van der Waals surface area contributed by atoms with Gasteiger partial charge in [-0.2, -0.15) is 0 Å². The van der Waals surface area contributed by atoms with Gasteiger partial charge < -0.3 is 15.9 Å². The Hall–Kier alpha value is -1.17. The van der Waals surface area contributed by atoms with Gasteiger partial charge in [0, 0.05) is 6.42 Å². The third kappa shape index (κ3) is 6.72. The van der Waals surface area contributed by atoms with Crippen LogP contribution < -0.4 is 5.73 Å². The van der Waals surface area contributed by atoms with Crippen molar-refractivity contribution in [3.05, 3.63) is 0 Å². The highest BCUT2D eigenvalue weighted by Gasteiger charge is 2.12. The Morgan fingerprint density at radius 3 is 2.09 bits per heavy atom. The predicted molar refractivity (Wildman–Crippen MR) is 35.0 cm³/mol. The molecule has 0 fully saturated rings. The van der Waals surface area contributed by atoms with E-state index in [1.807, 2.05) is 0 Å². The minimum absolute atomic E-state index is 0. The summed E-state index contributed by atoms with van der Waals surface area (Å²) in [7, 11) is 0. The molecule has 4 N–H and O–H groups in total. The van der Waals surface area contributed by atoms with Crippen LogP contribution in [0.4, 0.5) is 4.70 Å². The van der Waals surface area contributed by atoms with E-state index in [0.29, 0.717) is 0 Å². The third-order valence-electron chi connectivity index (χ3n) is 0.986. The molecule has 0 aromatic rings. The van der Waals surface area contributed by atoms with Crippen LogP contribution in [-0.2, 0) is 9.59 Å². The van der Waals surface area contributed by atoms with Gasteiger partial charge in [-0.3, -0.25) is 14.3 Å². The van der Waals surface area contributed by atoms with E-state index < -0.39 is 18.0 Å². The van der Waals surface area contributed by atoms with Crippen molar-refractivity contribution in [3.8, 4) is 0 Å². The van der Waals surface area contributed by atoms with Gasteiger partial charge >= 0.3 is 11.9 Å². The van der Waals surface area contributed by atoms with Gasteiger partial charge in [0.05, 0.1) is 0 Å². The molecule has 66 valence electrons. The maximum atomic E-state index is 9.99. The summed E-state index contributed by atoms with van der Waals surface area (Å²) >= 11 is 0. The number of rotatable bonds is 4.